The first-order valence-corrected chi connectivity index (χ1v) is 7.39. The molecule has 3 rings (SSSR count). The monoisotopic (exact) mass is 310 g/mol. The zero-order chi connectivity index (χ0) is 16.2. The van der Waals surface area contributed by atoms with E-state index in [4.69, 9.17) is 9.15 Å². The van der Waals surface area contributed by atoms with Gasteiger partial charge in [0.05, 0.1) is 12.1 Å². The highest BCUT2D eigenvalue weighted by Crippen LogP contribution is 2.20. The molecule has 1 aromatic carbocycles. The van der Waals surface area contributed by atoms with Crippen LogP contribution in [-0.4, -0.2) is 24.6 Å². The number of amides is 1. The summed E-state index contributed by atoms with van der Waals surface area (Å²) in [5.74, 6) is 1.29. The quantitative estimate of drug-likeness (QED) is 0.785. The maximum Gasteiger partial charge on any atom is 0.252 e. The van der Waals surface area contributed by atoms with Gasteiger partial charge in [0.25, 0.3) is 5.91 Å². The molecule has 0 saturated carbocycles. The van der Waals surface area contributed by atoms with Gasteiger partial charge in [-0.05, 0) is 37.3 Å². The first-order chi connectivity index (χ1) is 11.2. The average molecular weight is 310 g/mol. The number of carbonyl (C=O) groups is 1. The molecular weight excluding hydrogens is 292 g/mol. The van der Waals surface area contributed by atoms with Crippen LogP contribution in [0.4, 0.5) is 0 Å². The molecule has 0 aliphatic carbocycles. The zero-order valence-corrected chi connectivity index (χ0v) is 13.1. The summed E-state index contributed by atoms with van der Waals surface area (Å²) in [7, 11) is 1.59. The summed E-state index contributed by atoms with van der Waals surface area (Å²) in [6.45, 7) is 2.20. The molecule has 1 amide bonds. The highest BCUT2D eigenvalue weighted by Gasteiger charge is 2.20. The Morgan fingerprint density at radius 1 is 1.26 bits per heavy atom. The number of nitrogens with one attached hydrogen (secondary N) is 1. The number of benzene rings is 1. The van der Waals surface area contributed by atoms with Gasteiger partial charge in [-0.3, -0.25) is 9.78 Å². The fourth-order valence-corrected chi connectivity index (χ4v) is 2.54. The molecule has 0 fully saturated rings. The maximum absolute atomic E-state index is 12.7. The van der Waals surface area contributed by atoms with Crippen LogP contribution in [0.15, 0.2) is 53.1 Å². The topological polar surface area (TPSA) is 64.4 Å². The normalized spacial score (nSPS) is 12.3. The Balaban J connectivity index is 1.89. The lowest BCUT2D eigenvalue weighted by Crippen LogP contribution is -2.31. The summed E-state index contributed by atoms with van der Waals surface area (Å²) in [6.07, 6.45) is 1.71. The lowest BCUT2D eigenvalue weighted by molar-refractivity contribution is 0.0884. The van der Waals surface area contributed by atoms with Crippen molar-refractivity contribution in [3.05, 3.63) is 65.7 Å². The molecule has 0 spiro atoms. The van der Waals surface area contributed by atoms with Gasteiger partial charge in [-0.15, -0.1) is 0 Å². The summed E-state index contributed by atoms with van der Waals surface area (Å²) < 4.78 is 10.8. The number of pyridine rings is 1. The molecule has 0 aliphatic heterocycles. The Bertz CT molecular complexity index is 821. The Morgan fingerprint density at radius 2 is 2.13 bits per heavy atom. The molecular formula is C18H18N2O3. The van der Waals surface area contributed by atoms with Gasteiger partial charge in [-0.2, -0.15) is 0 Å². The number of furan rings is 1. The molecule has 1 atom stereocenters. The van der Waals surface area contributed by atoms with Crippen LogP contribution in [0.1, 0.15) is 27.9 Å². The molecule has 118 valence electrons. The average Bonchev–Trinajstić information content (AvgIpc) is 3.00. The van der Waals surface area contributed by atoms with E-state index in [1.54, 1.807) is 19.4 Å². The fraction of sp³-hybridized carbons (Fsp3) is 0.222. The smallest absolute Gasteiger partial charge is 0.252 e. The van der Waals surface area contributed by atoms with Crippen molar-refractivity contribution in [3.63, 3.8) is 0 Å². The summed E-state index contributed by atoms with van der Waals surface area (Å²) in [5.41, 5.74) is 1.37. The number of rotatable bonds is 5. The second kappa shape index (κ2) is 6.62. The maximum atomic E-state index is 12.7. The predicted molar refractivity (Wildman–Crippen MR) is 87.3 cm³/mol. The summed E-state index contributed by atoms with van der Waals surface area (Å²) in [4.78, 5) is 17.0. The van der Waals surface area contributed by atoms with Gasteiger partial charge in [0.15, 0.2) is 0 Å². The first kappa shape index (κ1) is 15.2. The van der Waals surface area contributed by atoms with Gasteiger partial charge < -0.3 is 14.5 Å². The Kier molecular flexibility index (Phi) is 4.39. The van der Waals surface area contributed by atoms with Gasteiger partial charge >= 0.3 is 0 Å². The van der Waals surface area contributed by atoms with E-state index in [2.05, 4.69) is 10.3 Å². The minimum atomic E-state index is -0.340. The molecule has 0 aliphatic rings. The Labute approximate surface area is 134 Å². The number of hydrogen-bond acceptors (Lipinski definition) is 4. The number of methoxy groups -OCH3 is 1. The van der Waals surface area contributed by atoms with E-state index in [0.717, 1.165) is 16.7 Å². The van der Waals surface area contributed by atoms with E-state index in [9.17, 15) is 4.79 Å². The predicted octanol–water partition coefficient (Wildman–Crippen LogP) is 3.25. The van der Waals surface area contributed by atoms with Crippen LogP contribution in [0.2, 0.25) is 0 Å². The van der Waals surface area contributed by atoms with Crippen LogP contribution in [0.3, 0.4) is 0 Å². The molecule has 1 N–H and O–H groups in total. The number of carbonyl (C=O) groups excluding carboxylic acids is 1. The largest absolute Gasteiger partial charge is 0.464 e. The second-order valence-corrected chi connectivity index (χ2v) is 5.31. The van der Waals surface area contributed by atoms with Gasteiger partial charge in [0.1, 0.15) is 17.6 Å². The van der Waals surface area contributed by atoms with Crippen LogP contribution in [0, 0.1) is 6.92 Å². The van der Waals surface area contributed by atoms with Gasteiger partial charge in [0.2, 0.25) is 0 Å². The third-order valence-corrected chi connectivity index (χ3v) is 3.63. The number of nitrogens with zero attached hydrogens (tertiary/aromatic N) is 1. The number of hydrogen-bond donors (Lipinski definition) is 1. The molecule has 3 aromatic rings. The van der Waals surface area contributed by atoms with Crippen LogP contribution < -0.4 is 5.32 Å². The van der Waals surface area contributed by atoms with Crippen molar-refractivity contribution in [2.24, 2.45) is 0 Å². The van der Waals surface area contributed by atoms with E-state index in [0.29, 0.717) is 17.9 Å². The molecule has 0 unspecified atom stereocenters. The summed E-state index contributed by atoms with van der Waals surface area (Å²) in [5, 5.41) is 3.79. The number of fused-ring (bicyclic) bond motifs is 1. The SMILES string of the molecule is COC[C@H](NC(=O)c1cccc2ncccc12)c1ccc(C)o1. The molecule has 23 heavy (non-hydrogen) atoms. The van der Waals surface area contributed by atoms with Gasteiger partial charge in [0, 0.05) is 24.3 Å². The van der Waals surface area contributed by atoms with E-state index >= 15 is 0 Å². The summed E-state index contributed by atoms with van der Waals surface area (Å²) >= 11 is 0. The zero-order valence-electron chi connectivity index (χ0n) is 13.1. The lowest BCUT2D eigenvalue weighted by atomic mass is 10.1. The van der Waals surface area contributed by atoms with Crippen molar-refractivity contribution >= 4 is 16.8 Å². The van der Waals surface area contributed by atoms with Gasteiger partial charge in [-0.1, -0.05) is 12.1 Å². The first-order valence-electron chi connectivity index (χ1n) is 7.39. The molecule has 5 heteroatoms. The van der Waals surface area contributed by atoms with Crippen molar-refractivity contribution in [1.82, 2.24) is 10.3 Å². The highest BCUT2D eigenvalue weighted by molar-refractivity contribution is 6.06. The number of aryl methyl sites for hydroxylation is 1. The standard InChI is InChI=1S/C18H18N2O3/c1-12-8-9-17(23-12)16(11-22-2)20-18(21)14-5-3-7-15-13(14)6-4-10-19-15/h3-10,16H,11H2,1-2H3,(H,20,21)/t16-/m0/s1. The van der Waals surface area contributed by atoms with E-state index in [-0.39, 0.29) is 11.9 Å². The highest BCUT2D eigenvalue weighted by atomic mass is 16.5. The van der Waals surface area contributed by atoms with Crippen molar-refractivity contribution in [3.8, 4) is 0 Å². The third-order valence-electron chi connectivity index (χ3n) is 3.63. The van der Waals surface area contributed by atoms with Crippen LogP contribution in [0.25, 0.3) is 10.9 Å². The van der Waals surface area contributed by atoms with E-state index in [1.165, 1.54) is 0 Å². The minimum absolute atomic E-state index is 0.181. The van der Waals surface area contributed by atoms with Crippen LogP contribution >= 0.6 is 0 Å². The number of ether oxygens (including phenoxy) is 1. The molecule has 0 bridgehead atoms. The number of aromatic nitrogens is 1. The molecule has 5 nitrogen and oxygen atoms in total. The fourth-order valence-electron chi connectivity index (χ4n) is 2.54. The molecule has 0 radical (unpaired) electrons. The molecule has 0 saturated heterocycles. The molecule has 2 aromatic heterocycles. The molecule has 2 heterocycles. The van der Waals surface area contributed by atoms with Crippen molar-refractivity contribution in [2.45, 2.75) is 13.0 Å². The van der Waals surface area contributed by atoms with E-state index in [1.807, 2.05) is 43.3 Å². The summed E-state index contributed by atoms with van der Waals surface area (Å²) in [6, 6.07) is 12.6. The van der Waals surface area contributed by atoms with Crippen LogP contribution in [-0.2, 0) is 4.74 Å². The second-order valence-electron chi connectivity index (χ2n) is 5.31. The van der Waals surface area contributed by atoms with Gasteiger partial charge in [-0.25, -0.2) is 0 Å². The van der Waals surface area contributed by atoms with Crippen molar-refractivity contribution in [1.29, 1.82) is 0 Å². The Morgan fingerprint density at radius 3 is 2.87 bits per heavy atom. The van der Waals surface area contributed by atoms with Crippen LogP contribution in [0.5, 0.6) is 0 Å². The van der Waals surface area contributed by atoms with Crippen molar-refractivity contribution < 1.29 is 13.9 Å². The third kappa shape index (κ3) is 3.24. The lowest BCUT2D eigenvalue weighted by Gasteiger charge is -2.16. The Hall–Kier alpha value is -2.66. The van der Waals surface area contributed by atoms with Crippen molar-refractivity contribution in [2.75, 3.05) is 13.7 Å². The van der Waals surface area contributed by atoms with E-state index < -0.39 is 0 Å². The minimum Gasteiger partial charge on any atom is -0.464 e.